The Labute approximate surface area is 131 Å². The molecule has 0 amide bonds. The highest BCUT2D eigenvalue weighted by atomic mass is 16.7. The zero-order valence-electron chi connectivity index (χ0n) is 12.2. The average molecular weight is 307 g/mol. The van der Waals surface area contributed by atoms with Crippen LogP contribution in [0.5, 0.6) is 11.5 Å². The van der Waals surface area contributed by atoms with Gasteiger partial charge in [0.1, 0.15) is 0 Å². The van der Waals surface area contributed by atoms with Crippen LogP contribution in [0.3, 0.4) is 0 Å². The van der Waals surface area contributed by atoms with Crippen molar-refractivity contribution in [3.05, 3.63) is 70.8 Å². The molecule has 0 aliphatic carbocycles. The van der Waals surface area contributed by atoms with E-state index in [2.05, 4.69) is 10.1 Å². The molecule has 23 heavy (non-hydrogen) atoms. The van der Waals surface area contributed by atoms with Crippen LogP contribution >= 0.6 is 0 Å². The van der Waals surface area contributed by atoms with Crippen LogP contribution in [-0.2, 0) is 6.54 Å². The minimum absolute atomic E-state index is 0.167. The Morgan fingerprint density at radius 1 is 1.04 bits per heavy atom. The van der Waals surface area contributed by atoms with E-state index in [1.54, 1.807) is 12.3 Å². The minimum atomic E-state index is -0.167. The van der Waals surface area contributed by atoms with Gasteiger partial charge in [0.05, 0.1) is 17.9 Å². The van der Waals surface area contributed by atoms with Gasteiger partial charge in [0.2, 0.25) is 6.79 Å². The second kappa shape index (κ2) is 5.57. The van der Waals surface area contributed by atoms with Crippen molar-refractivity contribution in [1.29, 1.82) is 0 Å². The Balaban J connectivity index is 1.70. The molecule has 0 bridgehead atoms. The maximum Gasteiger partial charge on any atom is 0.267 e. The number of aromatic nitrogens is 3. The number of hydrogen-bond donors (Lipinski definition) is 0. The topological polar surface area (TPSA) is 66.2 Å². The maximum absolute atomic E-state index is 12.0. The molecular formula is C17H13N3O3. The lowest BCUT2D eigenvalue weighted by molar-refractivity contribution is 0.174. The molecular weight excluding hydrogens is 294 g/mol. The third kappa shape index (κ3) is 2.66. The Morgan fingerprint density at radius 2 is 1.96 bits per heavy atom. The smallest absolute Gasteiger partial charge is 0.267 e. The Bertz CT molecular complexity index is 906. The van der Waals surface area contributed by atoms with Gasteiger partial charge in [-0.25, -0.2) is 4.68 Å². The summed E-state index contributed by atoms with van der Waals surface area (Å²) >= 11 is 0. The number of rotatable bonds is 3. The first-order valence-electron chi connectivity index (χ1n) is 7.18. The highest BCUT2D eigenvalue weighted by Crippen LogP contribution is 2.35. The molecule has 0 N–H and O–H groups in total. The lowest BCUT2D eigenvalue weighted by Crippen LogP contribution is -2.23. The molecule has 0 saturated carbocycles. The normalized spacial score (nSPS) is 12.3. The molecule has 3 aromatic rings. The molecule has 0 spiro atoms. The van der Waals surface area contributed by atoms with E-state index in [1.165, 1.54) is 10.7 Å². The molecule has 1 aromatic carbocycles. The lowest BCUT2D eigenvalue weighted by atomic mass is 10.1. The summed E-state index contributed by atoms with van der Waals surface area (Å²) in [6.45, 7) is 0.559. The van der Waals surface area contributed by atoms with Crippen LogP contribution in [0.25, 0.3) is 11.3 Å². The number of fused-ring (bicyclic) bond motifs is 1. The van der Waals surface area contributed by atoms with E-state index in [-0.39, 0.29) is 12.4 Å². The first kappa shape index (κ1) is 13.5. The standard InChI is InChI=1S/C17H13N3O3/c21-17-7-5-14(12-4-6-15-16(9-12)23-11-22-15)19-20(17)10-13-3-1-2-8-18-13/h1-9H,10-11H2. The fourth-order valence-corrected chi connectivity index (χ4v) is 2.42. The second-order valence-electron chi connectivity index (χ2n) is 5.10. The molecule has 114 valence electrons. The zero-order chi connectivity index (χ0) is 15.6. The van der Waals surface area contributed by atoms with Crippen LogP contribution < -0.4 is 15.0 Å². The number of benzene rings is 1. The van der Waals surface area contributed by atoms with Gasteiger partial charge in [-0.3, -0.25) is 9.78 Å². The van der Waals surface area contributed by atoms with Gasteiger partial charge in [-0.1, -0.05) is 6.07 Å². The van der Waals surface area contributed by atoms with Crippen LogP contribution in [0, 0.1) is 0 Å². The van der Waals surface area contributed by atoms with Gasteiger partial charge in [0.25, 0.3) is 5.56 Å². The zero-order valence-corrected chi connectivity index (χ0v) is 12.2. The molecule has 4 rings (SSSR count). The number of hydrogen-bond acceptors (Lipinski definition) is 5. The van der Waals surface area contributed by atoms with Gasteiger partial charge >= 0.3 is 0 Å². The summed E-state index contributed by atoms with van der Waals surface area (Å²) < 4.78 is 12.1. The quantitative estimate of drug-likeness (QED) is 0.741. The molecule has 2 aromatic heterocycles. The summed E-state index contributed by atoms with van der Waals surface area (Å²) in [7, 11) is 0. The summed E-state index contributed by atoms with van der Waals surface area (Å²) in [5, 5.41) is 4.43. The highest BCUT2D eigenvalue weighted by Gasteiger charge is 2.14. The predicted octanol–water partition coefficient (Wildman–Crippen LogP) is 2.08. The molecule has 0 atom stereocenters. The van der Waals surface area contributed by atoms with Crippen molar-refractivity contribution in [2.75, 3.05) is 6.79 Å². The van der Waals surface area contributed by atoms with E-state index in [0.29, 0.717) is 18.0 Å². The van der Waals surface area contributed by atoms with Gasteiger partial charge in [-0.05, 0) is 36.4 Å². The second-order valence-corrected chi connectivity index (χ2v) is 5.10. The fourth-order valence-electron chi connectivity index (χ4n) is 2.42. The van der Waals surface area contributed by atoms with Crippen molar-refractivity contribution in [3.63, 3.8) is 0 Å². The third-order valence-electron chi connectivity index (χ3n) is 3.57. The minimum Gasteiger partial charge on any atom is -0.454 e. The van der Waals surface area contributed by atoms with Crippen molar-refractivity contribution >= 4 is 0 Å². The largest absolute Gasteiger partial charge is 0.454 e. The first-order chi connectivity index (χ1) is 11.3. The van der Waals surface area contributed by atoms with E-state index in [1.807, 2.05) is 36.4 Å². The number of pyridine rings is 1. The van der Waals surface area contributed by atoms with E-state index in [4.69, 9.17) is 9.47 Å². The maximum atomic E-state index is 12.0. The molecule has 0 unspecified atom stereocenters. The molecule has 0 fully saturated rings. The third-order valence-corrected chi connectivity index (χ3v) is 3.57. The Kier molecular flexibility index (Phi) is 3.27. The lowest BCUT2D eigenvalue weighted by Gasteiger charge is -2.07. The van der Waals surface area contributed by atoms with Gasteiger partial charge in [0, 0.05) is 17.8 Å². The van der Waals surface area contributed by atoms with Crippen LogP contribution in [0.2, 0.25) is 0 Å². The monoisotopic (exact) mass is 307 g/mol. The molecule has 1 aliphatic rings. The molecule has 1 aliphatic heterocycles. The molecule has 0 radical (unpaired) electrons. The van der Waals surface area contributed by atoms with Gasteiger partial charge in [0.15, 0.2) is 11.5 Å². The Hall–Kier alpha value is -3.15. The van der Waals surface area contributed by atoms with Crippen molar-refractivity contribution in [2.45, 2.75) is 6.54 Å². The summed E-state index contributed by atoms with van der Waals surface area (Å²) in [5.74, 6) is 1.40. The van der Waals surface area contributed by atoms with Crippen LogP contribution in [0.4, 0.5) is 0 Å². The first-order valence-corrected chi connectivity index (χ1v) is 7.18. The summed E-state index contributed by atoms with van der Waals surface area (Å²) in [5.41, 5.74) is 2.17. The van der Waals surface area contributed by atoms with Gasteiger partial charge in [-0.15, -0.1) is 0 Å². The number of ether oxygens (including phenoxy) is 2. The highest BCUT2D eigenvalue weighted by molar-refractivity contribution is 5.63. The SMILES string of the molecule is O=c1ccc(-c2ccc3c(c2)OCO3)nn1Cc1ccccn1. The van der Waals surface area contributed by atoms with E-state index < -0.39 is 0 Å². The predicted molar refractivity (Wildman–Crippen MR) is 83.4 cm³/mol. The fraction of sp³-hybridized carbons (Fsp3) is 0.118. The van der Waals surface area contributed by atoms with E-state index >= 15 is 0 Å². The molecule has 6 heteroatoms. The average Bonchev–Trinajstić information content (AvgIpc) is 3.05. The summed E-state index contributed by atoms with van der Waals surface area (Å²) in [4.78, 5) is 16.3. The Morgan fingerprint density at radius 3 is 2.83 bits per heavy atom. The van der Waals surface area contributed by atoms with Crippen molar-refractivity contribution in [2.24, 2.45) is 0 Å². The molecule has 3 heterocycles. The van der Waals surface area contributed by atoms with Crippen LogP contribution in [0.1, 0.15) is 5.69 Å². The van der Waals surface area contributed by atoms with Crippen molar-refractivity contribution < 1.29 is 9.47 Å². The van der Waals surface area contributed by atoms with Crippen molar-refractivity contribution in [3.8, 4) is 22.8 Å². The molecule has 0 saturated heterocycles. The van der Waals surface area contributed by atoms with Crippen molar-refractivity contribution in [1.82, 2.24) is 14.8 Å². The van der Waals surface area contributed by atoms with Gasteiger partial charge in [-0.2, -0.15) is 5.10 Å². The van der Waals surface area contributed by atoms with E-state index in [9.17, 15) is 4.79 Å². The molecule has 6 nitrogen and oxygen atoms in total. The number of nitrogens with zero attached hydrogens (tertiary/aromatic N) is 3. The van der Waals surface area contributed by atoms with E-state index in [0.717, 1.165) is 17.0 Å². The van der Waals surface area contributed by atoms with Crippen LogP contribution in [0.15, 0.2) is 59.5 Å². The van der Waals surface area contributed by atoms with Crippen LogP contribution in [-0.4, -0.2) is 21.6 Å². The summed E-state index contributed by atoms with van der Waals surface area (Å²) in [6.07, 6.45) is 1.70. The summed E-state index contributed by atoms with van der Waals surface area (Å²) in [6, 6.07) is 14.4. The van der Waals surface area contributed by atoms with Gasteiger partial charge < -0.3 is 9.47 Å².